The van der Waals surface area contributed by atoms with Crippen LogP contribution in [0.25, 0.3) is 11.3 Å². The molecular formula is C27H33ClFN5. The molecule has 0 amide bonds. The molecular weight excluding hydrogens is 449 g/mol. The first kappa shape index (κ1) is 23.3. The van der Waals surface area contributed by atoms with Gasteiger partial charge in [0, 0.05) is 66.8 Å². The molecule has 2 aliphatic rings. The Morgan fingerprint density at radius 3 is 2.35 bits per heavy atom. The van der Waals surface area contributed by atoms with Crippen LogP contribution in [-0.4, -0.2) is 58.8 Å². The van der Waals surface area contributed by atoms with E-state index in [2.05, 4.69) is 51.2 Å². The predicted molar refractivity (Wildman–Crippen MR) is 137 cm³/mol. The number of rotatable bonds is 6. The molecule has 1 N–H and O–H groups in total. The zero-order valence-corrected chi connectivity index (χ0v) is 20.5. The summed E-state index contributed by atoms with van der Waals surface area (Å²) in [5.74, 6) is -0.292. The Hall–Kier alpha value is -2.41. The number of piperazine rings is 1. The van der Waals surface area contributed by atoms with E-state index in [9.17, 15) is 4.39 Å². The van der Waals surface area contributed by atoms with E-state index in [-0.39, 0.29) is 5.82 Å². The molecule has 2 fully saturated rings. The fourth-order valence-electron chi connectivity index (χ4n) is 5.22. The molecule has 5 rings (SSSR count). The highest BCUT2D eigenvalue weighted by atomic mass is 35.5. The van der Waals surface area contributed by atoms with Crippen LogP contribution in [0.5, 0.6) is 0 Å². The molecule has 0 atom stereocenters. The number of hydrogen-bond acceptors (Lipinski definition) is 4. The number of halogens is 2. The molecule has 1 saturated carbocycles. The predicted octanol–water partition coefficient (Wildman–Crippen LogP) is 5.69. The zero-order valence-electron chi connectivity index (χ0n) is 19.8. The van der Waals surface area contributed by atoms with Crippen LogP contribution < -0.4 is 5.32 Å². The molecule has 0 spiro atoms. The molecule has 1 aliphatic heterocycles. The van der Waals surface area contributed by atoms with E-state index >= 15 is 0 Å². The molecule has 1 aliphatic carbocycles. The summed E-state index contributed by atoms with van der Waals surface area (Å²) in [6.45, 7) is 5.13. The molecule has 0 bridgehead atoms. The van der Waals surface area contributed by atoms with E-state index in [0.717, 1.165) is 23.0 Å². The lowest BCUT2D eigenvalue weighted by molar-refractivity contribution is 0.0811. The van der Waals surface area contributed by atoms with Gasteiger partial charge in [-0.2, -0.15) is 5.10 Å². The minimum absolute atomic E-state index is 0.292. The molecule has 2 heterocycles. The number of aromatic nitrogens is 2. The standard InChI is InChI=1S/C27H33ClFN5/c1-32-15-17-33(18-16-32)22-9-11-23(12-10-22)34-14-13-27(31-34)20-5-7-21(8-6-20)30-19-24-25(28)3-2-4-26(24)29/h2-8,13-14,22-23,30H,9-12,15-19H2,1H3/t22-,23+. The van der Waals surface area contributed by atoms with Crippen molar-refractivity contribution < 1.29 is 4.39 Å². The van der Waals surface area contributed by atoms with Crippen molar-refractivity contribution in [2.45, 2.75) is 44.3 Å². The van der Waals surface area contributed by atoms with Gasteiger partial charge in [-0.15, -0.1) is 0 Å². The first-order valence-electron chi connectivity index (χ1n) is 12.3. The Balaban J connectivity index is 1.16. The maximum atomic E-state index is 14.0. The lowest BCUT2D eigenvalue weighted by atomic mass is 9.90. The second-order valence-corrected chi connectivity index (χ2v) is 10.0. The number of benzene rings is 2. The van der Waals surface area contributed by atoms with Crippen LogP contribution in [0.15, 0.2) is 54.7 Å². The summed E-state index contributed by atoms with van der Waals surface area (Å²) in [6.07, 6.45) is 7.04. The number of nitrogens with one attached hydrogen (secondary N) is 1. The van der Waals surface area contributed by atoms with Crippen molar-refractivity contribution in [3.63, 3.8) is 0 Å². The third kappa shape index (κ3) is 5.29. The normalized spacial score (nSPS) is 22.1. The highest BCUT2D eigenvalue weighted by molar-refractivity contribution is 6.31. The van der Waals surface area contributed by atoms with E-state index in [1.54, 1.807) is 12.1 Å². The third-order valence-corrected chi connectivity index (χ3v) is 7.77. The van der Waals surface area contributed by atoms with Crippen molar-refractivity contribution in [3.8, 4) is 11.3 Å². The van der Waals surface area contributed by atoms with Crippen LogP contribution in [0, 0.1) is 5.82 Å². The van der Waals surface area contributed by atoms with Gasteiger partial charge >= 0.3 is 0 Å². The van der Waals surface area contributed by atoms with Crippen LogP contribution >= 0.6 is 11.6 Å². The van der Waals surface area contributed by atoms with E-state index in [0.29, 0.717) is 23.2 Å². The van der Waals surface area contributed by atoms with E-state index in [1.165, 1.54) is 57.9 Å². The highest BCUT2D eigenvalue weighted by Gasteiger charge is 2.28. The maximum Gasteiger partial charge on any atom is 0.129 e. The van der Waals surface area contributed by atoms with E-state index < -0.39 is 0 Å². The number of nitrogens with zero attached hydrogens (tertiary/aromatic N) is 4. The van der Waals surface area contributed by atoms with Crippen LogP contribution in [0.1, 0.15) is 37.3 Å². The molecule has 34 heavy (non-hydrogen) atoms. The van der Waals surface area contributed by atoms with Crippen molar-refractivity contribution >= 4 is 17.3 Å². The van der Waals surface area contributed by atoms with Crippen LogP contribution in [-0.2, 0) is 6.54 Å². The first-order chi connectivity index (χ1) is 16.6. The topological polar surface area (TPSA) is 36.3 Å². The van der Waals surface area contributed by atoms with Gasteiger partial charge in [-0.3, -0.25) is 9.58 Å². The van der Waals surface area contributed by atoms with Gasteiger partial charge in [0.1, 0.15) is 5.82 Å². The van der Waals surface area contributed by atoms with Crippen LogP contribution in [0.3, 0.4) is 0 Å². The van der Waals surface area contributed by atoms with E-state index in [1.807, 2.05) is 12.1 Å². The molecule has 180 valence electrons. The van der Waals surface area contributed by atoms with Crippen molar-refractivity contribution in [2.24, 2.45) is 0 Å². The minimum atomic E-state index is -0.292. The zero-order chi connectivity index (χ0) is 23.5. The third-order valence-electron chi connectivity index (χ3n) is 7.41. The molecule has 0 unspecified atom stereocenters. The summed E-state index contributed by atoms with van der Waals surface area (Å²) in [6, 6.07) is 16.2. The lowest BCUT2D eigenvalue weighted by Gasteiger charge is -2.41. The maximum absolute atomic E-state index is 14.0. The quantitative estimate of drug-likeness (QED) is 0.491. The van der Waals surface area contributed by atoms with Gasteiger partial charge in [-0.25, -0.2) is 4.39 Å². The average Bonchev–Trinajstić information content (AvgIpc) is 3.35. The van der Waals surface area contributed by atoms with Gasteiger partial charge in [0.25, 0.3) is 0 Å². The van der Waals surface area contributed by atoms with E-state index in [4.69, 9.17) is 16.7 Å². The molecule has 3 aromatic rings. The second-order valence-electron chi connectivity index (χ2n) is 9.61. The number of hydrogen-bond donors (Lipinski definition) is 1. The Morgan fingerprint density at radius 1 is 0.941 bits per heavy atom. The van der Waals surface area contributed by atoms with Crippen molar-refractivity contribution in [2.75, 3.05) is 38.5 Å². The van der Waals surface area contributed by atoms with Crippen molar-refractivity contribution in [1.82, 2.24) is 19.6 Å². The fourth-order valence-corrected chi connectivity index (χ4v) is 5.45. The van der Waals surface area contributed by atoms with Crippen molar-refractivity contribution in [1.29, 1.82) is 0 Å². The summed E-state index contributed by atoms with van der Waals surface area (Å²) in [4.78, 5) is 5.12. The fraction of sp³-hybridized carbons (Fsp3) is 0.444. The lowest BCUT2D eigenvalue weighted by Crippen LogP contribution is -2.49. The highest BCUT2D eigenvalue weighted by Crippen LogP contribution is 2.32. The van der Waals surface area contributed by atoms with Gasteiger partial charge in [0.15, 0.2) is 0 Å². The molecule has 5 nitrogen and oxygen atoms in total. The van der Waals surface area contributed by atoms with Gasteiger partial charge in [0.05, 0.1) is 11.7 Å². The largest absolute Gasteiger partial charge is 0.381 e. The van der Waals surface area contributed by atoms with Crippen LogP contribution in [0.2, 0.25) is 5.02 Å². The SMILES string of the molecule is CN1CCN([C@H]2CC[C@@H](n3ccc(-c4ccc(NCc5c(F)cccc5Cl)cc4)n3)CC2)CC1. The monoisotopic (exact) mass is 481 g/mol. The van der Waals surface area contributed by atoms with Crippen molar-refractivity contribution in [3.05, 3.63) is 71.1 Å². The minimum Gasteiger partial charge on any atom is -0.381 e. The Labute approximate surface area is 206 Å². The Kier molecular flexibility index (Phi) is 7.18. The Bertz CT molecular complexity index is 1060. The summed E-state index contributed by atoms with van der Waals surface area (Å²) >= 11 is 6.13. The van der Waals surface area contributed by atoms with Gasteiger partial charge in [-0.05, 0) is 63.1 Å². The second kappa shape index (κ2) is 10.5. The summed E-state index contributed by atoms with van der Waals surface area (Å²) < 4.78 is 16.2. The van der Waals surface area contributed by atoms with Crippen LogP contribution in [0.4, 0.5) is 10.1 Å². The molecule has 2 aromatic carbocycles. The number of likely N-dealkylation sites (N-methyl/N-ethyl adjacent to an activating group) is 1. The first-order valence-corrected chi connectivity index (χ1v) is 12.7. The smallest absolute Gasteiger partial charge is 0.129 e. The number of anilines is 1. The van der Waals surface area contributed by atoms with Gasteiger partial charge in [0.2, 0.25) is 0 Å². The average molecular weight is 482 g/mol. The molecule has 0 radical (unpaired) electrons. The Morgan fingerprint density at radius 2 is 1.65 bits per heavy atom. The van der Waals surface area contributed by atoms with Gasteiger partial charge in [-0.1, -0.05) is 29.8 Å². The summed E-state index contributed by atoms with van der Waals surface area (Å²) in [5.41, 5.74) is 3.48. The molecule has 1 saturated heterocycles. The summed E-state index contributed by atoms with van der Waals surface area (Å²) in [7, 11) is 2.22. The summed E-state index contributed by atoms with van der Waals surface area (Å²) in [5, 5.41) is 8.60. The molecule has 1 aromatic heterocycles. The molecule has 7 heteroatoms. The van der Waals surface area contributed by atoms with Gasteiger partial charge < -0.3 is 10.2 Å².